The molecule has 0 bridgehead atoms. The first-order chi connectivity index (χ1) is 14.7. The molecule has 0 aliphatic heterocycles. The Morgan fingerprint density at radius 1 is 1.10 bits per heavy atom. The molecule has 4 aromatic rings. The largest absolute Gasteiger partial charge is 0.387 e. The van der Waals surface area contributed by atoms with Crippen LogP contribution in [0.25, 0.3) is 22.0 Å². The van der Waals surface area contributed by atoms with Gasteiger partial charge in [0, 0.05) is 41.6 Å². The summed E-state index contributed by atoms with van der Waals surface area (Å²) in [6.07, 6.45) is 1.20. The number of rotatable bonds is 5. The van der Waals surface area contributed by atoms with E-state index in [4.69, 9.17) is 0 Å². The van der Waals surface area contributed by atoms with Crippen LogP contribution in [0.1, 0.15) is 36.9 Å². The zero-order chi connectivity index (χ0) is 22.3. The van der Waals surface area contributed by atoms with Crippen LogP contribution in [-0.2, 0) is 7.05 Å². The van der Waals surface area contributed by atoms with E-state index < -0.39 is 6.10 Å². The van der Waals surface area contributed by atoms with Crippen LogP contribution in [0.2, 0.25) is 0 Å². The first kappa shape index (κ1) is 20.8. The van der Waals surface area contributed by atoms with E-state index in [1.165, 1.54) is 0 Å². The van der Waals surface area contributed by atoms with Crippen molar-refractivity contribution in [3.63, 3.8) is 0 Å². The molecule has 7 heteroatoms. The fourth-order valence-electron chi connectivity index (χ4n) is 3.71. The fraction of sp³-hybridized carbons (Fsp3) is 0.292. The normalized spacial score (nSPS) is 12.5. The van der Waals surface area contributed by atoms with Gasteiger partial charge in [0.15, 0.2) is 5.82 Å². The molecule has 3 N–H and O–H groups in total. The number of hydrogen-bond donors (Lipinski definition) is 3. The highest BCUT2D eigenvalue weighted by Gasteiger charge is 2.16. The van der Waals surface area contributed by atoms with Crippen molar-refractivity contribution in [2.24, 2.45) is 13.0 Å². The van der Waals surface area contributed by atoms with Crippen molar-refractivity contribution in [2.45, 2.75) is 33.8 Å². The Hall–Kier alpha value is -3.45. The standard InChI is InChI=1S/C24H27N5O2/c1-13(2)23(30)20-11-22(28-27-20)26-17-7-6-14(3)18(10-17)19-9-16-12-25-15(4)8-21(16)29(5)24(19)31/h6-13,23,30H,1-5H3,(H2,26,27,28)/t23-/m1/s1. The third kappa shape index (κ3) is 3.96. The number of anilines is 2. The van der Waals surface area contributed by atoms with Crippen LogP contribution in [0.3, 0.4) is 0 Å². The van der Waals surface area contributed by atoms with Gasteiger partial charge >= 0.3 is 0 Å². The van der Waals surface area contributed by atoms with Gasteiger partial charge in [0.05, 0.1) is 17.3 Å². The van der Waals surface area contributed by atoms with Crippen molar-refractivity contribution in [3.8, 4) is 11.1 Å². The molecule has 0 aliphatic carbocycles. The van der Waals surface area contributed by atoms with E-state index in [2.05, 4.69) is 20.5 Å². The lowest BCUT2D eigenvalue weighted by Gasteiger charge is -2.13. The summed E-state index contributed by atoms with van der Waals surface area (Å²) < 4.78 is 1.67. The van der Waals surface area contributed by atoms with Crippen molar-refractivity contribution < 1.29 is 5.11 Å². The molecule has 1 aromatic carbocycles. The van der Waals surface area contributed by atoms with Gasteiger partial charge in [-0.05, 0) is 55.2 Å². The number of aliphatic hydroxyl groups is 1. The van der Waals surface area contributed by atoms with Crippen molar-refractivity contribution in [3.05, 3.63) is 69.9 Å². The monoisotopic (exact) mass is 417 g/mol. The van der Waals surface area contributed by atoms with E-state index in [1.54, 1.807) is 23.9 Å². The Balaban J connectivity index is 1.73. The second-order valence-electron chi connectivity index (χ2n) is 8.36. The molecule has 3 aromatic heterocycles. The number of nitrogens with zero attached hydrogens (tertiary/aromatic N) is 3. The summed E-state index contributed by atoms with van der Waals surface area (Å²) in [6.45, 7) is 7.80. The highest BCUT2D eigenvalue weighted by atomic mass is 16.3. The lowest BCUT2D eigenvalue weighted by atomic mass is 9.99. The van der Waals surface area contributed by atoms with Crippen LogP contribution < -0.4 is 10.9 Å². The van der Waals surface area contributed by atoms with E-state index in [0.717, 1.165) is 33.4 Å². The van der Waals surface area contributed by atoms with Crippen LogP contribution in [0.5, 0.6) is 0 Å². The Morgan fingerprint density at radius 3 is 2.61 bits per heavy atom. The second-order valence-corrected chi connectivity index (χ2v) is 8.36. The van der Waals surface area contributed by atoms with Crippen LogP contribution in [-0.4, -0.2) is 24.9 Å². The molecule has 0 spiro atoms. The van der Waals surface area contributed by atoms with Crippen LogP contribution in [0.4, 0.5) is 11.5 Å². The summed E-state index contributed by atoms with van der Waals surface area (Å²) in [5.74, 6) is 0.692. The zero-order valence-corrected chi connectivity index (χ0v) is 18.4. The van der Waals surface area contributed by atoms with E-state index in [-0.39, 0.29) is 11.5 Å². The van der Waals surface area contributed by atoms with E-state index >= 15 is 0 Å². The third-order valence-electron chi connectivity index (χ3n) is 5.59. The summed E-state index contributed by atoms with van der Waals surface area (Å²) in [5.41, 5.74) is 5.63. The Bertz CT molecular complexity index is 1320. The second kappa shape index (κ2) is 8.00. The van der Waals surface area contributed by atoms with Crippen molar-refractivity contribution in [1.29, 1.82) is 0 Å². The van der Waals surface area contributed by atoms with Crippen LogP contribution >= 0.6 is 0 Å². The minimum Gasteiger partial charge on any atom is -0.387 e. The Morgan fingerprint density at radius 2 is 1.87 bits per heavy atom. The highest BCUT2D eigenvalue weighted by molar-refractivity contribution is 5.85. The average Bonchev–Trinajstić information content (AvgIpc) is 3.20. The number of aryl methyl sites for hydroxylation is 3. The number of aliphatic hydroxyl groups excluding tert-OH is 1. The maximum absolute atomic E-state index is 13.1. The van der Waals surface area contributed by atoms with E-state index in [0.29, 0.717) is 17.1 Å². The summed E-state index contributed by atoms with van der Waals surface area (Å²) in [5, 5.41) is 21.5. The van der Waals surface area contributed by atoms with Crippen molar-refractivity contribution in [1.82, 2.24) is 19.7 Å². The van der Waals surface area contributed by atoms with Gasteiger partial charge in [0.1, 0.15) is 0 Å². The van der Waals surface area contributed by atoms with Gasteiger partial charge in [0.2, 0.25) is 0 Å². The number of pyridine rings is 2. The molecule has 0 amide bonds. The lowest BCUT2D eigenvalue weighted by Crippen LogP contribution is -2.19. The number of benzene rings is 1. The number of H-pyrrole nitrogens is 1. The molecule has 7 nitrogen and oxygen atoms in total. The maximum atomic E-state index is 13.1. The van der Waals surface area contributed by atoms with Gasteiger partial charge in [-0.15, -0.1) is 0 Å². The molecule has 0 saturated heterocycles. The quantitative estimate of drug-likeness (QED) is 0.448. The molecule has 4 rings (SSSR count). The van der Waals surface area contributed by atoms with Gasteiger partial charge in [-0.1, -0.05) is 19.9 Å². The van der Waals surface area contributed by atoms with Gasteiger partial charge in [0.25, 0.3) is 5.56 Å². The molecular weight excluding hydrogens is 390 g/mol. The summed E-state index contributed by atoms with van der Waals surface area (Å²) in [6, 6.07) is 11.5. The molecule has 3 heterocycles. The van der Waals surface area contributed by atoms with Crippen LogP contribution in [0, 0.1) is 19.8 Å². The van der Waals surface area contributed by atoms with Crippen molar-refractivity contribution in [2.75, 3.05) is 5.32 Å². The zero-order valence-electron chi connectivity index (χ0n) is 18.4. The smallest absolute Gasteiger partial charge is 0.258 e. The van der Waals surface area contributed by atoms with Crippen LogP contribution in [0.15, 0.2) is 47.4 Å². The number of hydrogen-bond acceptors (Lipinski definition) is 5. The van der Waals surface area contributed by atoms with E-state index in [1.807, 2.05) is 58.0 Å². The Labute approximate surface area is 180 Å². The predicted molar refractivity (Wildman–Crippen MR) is 124 cm³/mol. The molecule has 0 radical (unpaired) electrons. The number of fused-ring (bicyclic) bond motifs is 1. The SMILES string of the molecule is Cc1cc2c(cn1)cc(-c1cc(Nc3cc([C@H](O)C(C)C)[nH]n3)ccc1C)c(=O)n2C. The minimum atomic E-state index is -0.602. The summed E-state index contributed by atoms with van der Waals surface area (Å²) >= 11 is 0. The molecule has 0 saturated carbocycles. The summed E-state index contributed by atoms with van der Waals surface area (Å²) in [7, 11) is 1.79. The molecule has 0 fully saturated rings. The van der Waals surface area contributed by atoms with Gasteiger partial charge in [-0.25, -0.2) is 0 Å². The highest BCUT2D eigenvalue weighted by Crippen LogP contribution is 2.29. The first-order valence-electron chi connectivity index (χ1n) is 10.3. The third-order valence-corrected chi connectivity index (χ3v) is 5.59. The van der Waals surface area contributed by atoms with Gasteiger partial charge in [-0.3, -0.25) is 14.9 Å². The maximum Gasteiger partial charge on any atom is 0.258 e. The predicted octanol–water partition coefficient (Wildman–Crippen LogP) is 4.37. The summed E-state index contributed by atoms with van der Waals surface area (Å²) in [4.78, 5) is 17.5. The topological polar surface area (TPSA) is 95.8 Å². The molecular formula is C24H27N5O2. The number of aromatic nitrogens is 4. The van der Waals surface area contributed by atoms with Gasteiger partial charge in [-0.2, -0.15) is 5.10 Å². The molecule has 0 aliphatic rings. The minimum absolute atomic E-state index is 0.0551. The molecule has 0 unspecified atom stereocenters. The molecule has 160 valence electrons. The lowest BCUT2D eigenvalue weighted by molar-refractivity contribution is 0.122. The van der Waals surface area contributed by atoms with E-state index in [9.17, 15) is 9.90 Å². The molecule has 31 heavy (non-hydrogen) atoms. The average molecular weight is 418 g/mol. The first-order valence-corrected chi connectivity index (χ1v) is 10.3. The van der Waals surface area contributed by atoms with Gasteiger partial charge < -0.3 is 15.0 Å². The molecule has 1 atom stereocenters. The Kier molecular flexibility index (Phi) is 5.37. The number of aromatic amines is 1. The van der Waals surface area contributed by atoms with Crippen molar-refractivity contribution >= 4 is 22.4 Å². The fourth-order valence-corrected chi connectivity index (χ4v) is 3.71. The number of nitrogens with one attached hydrogen (secondary N) is 2.